The van der Waals surface area contributed by atoms with Gasteiger partial charge in [-0.3, -0.25) is 4.90 Å². The monoisotopic (exact) mass is 233 g/mol. The third-order valence-corrected chi connectivity index (χ3v) is 2.66. The lowest BCUT2D eigenvalue weighted by Gasteiger charge is -2.25. The lowest BCUT2D eigenvalue weighted by atomic mass is 10.1. The zero-order chi connectivity index (χ0) is 12.5. The van der Waals surface area contributed by atoms with Gasteiger partial charge in [0.25, 0.3) is 0 Å². The molecule has 0 radical (unpaired) electrons. The highest BCUT2D eigenvalue weighted by Crippen LogP contribution is 2.22. The van der Waals surface area contributed by atoms with E-state index in [9.17, 15) is 5.11 Å². The molecule has 0 saturated heterocycles. The number of rotatable bonds is 4. The number of fused-ring (bicyclic) bond motifs is 1. The van der Waals surface area contributed by atoms with Gasteiger partial charge in [0.15, 0.2) is 0 Å². The fourth-order valence-corrected chi connectivity index (χ4v) is 2.16. The number of likely N-dealkylation sites (N-methyl/N-ethyl adjacent to an activating group) is 1. The molecule has 92 valence electrons. The van der Waals surface area contributed by atoms with Crippen LogP contribution in [0.2, 0.25) is 0 Å². The molecule has 0 atom stereocenters. The lowest BCUT2D eigenvalue weighted by molar-refractivity contribution is 0.0425. The third-order valence-electron chi connectivity index (χ3n) is 2.66. The molecule has 2 aromatic rings. The molecule has 1 aromatic heterocycles. The first-order chi connectivity index (χ1) is 7.96. The van der Waals surface area contributed by atoms with Crippen LogP contribution >= 0.6 is 0 Å². The summed E-state index contributed by atoms with van der Waals surface area (Å²) < 4.78 is 5.49. The second-order valence-corrected chi connectivity index (χ2v) is 5.24. The van der Waals surface area contributed by atoms with E-state index in [0.717, 1.165) is 23.1 Å². The van der Waals surface area contributed by atoms with E-state index < -0.39 is 5.60 Å². The predicted molar refractivity (Wildman–Crippen MR) is 68.8 cm³/mol. The third kappa shape index (κ3) is 3.08. The van der Waals surface area contributed by atoms with E-state index >= 15 is 0 Å². The second kappa shape index (κ2) is 4.51. The molecular formula is C14H19NO2. The van der Waals surface area contributed by atoms with Crippen LogP contribution in [0, 0.1) is 0 Å². The van der Waals surface area contributed by atoms with Crippen LogP contribution in [-0.2, 0) is 6.54 Å². The molecule has 0 aliphatic heterocycles. The summed E-state index contributed by atoms with van der Waals surface area (Å²) >= 11 is 0. The number of benzene rings is 1. The van der Waals surface area contributed by atoms with Gasteiger partial charge in [-0.25, -0.2) is 0 Å². The van der Waals surface area contributed by atoms with Gasteiger partial charge in [0.2, 0.25) is 0 Å². The Morgan fingerprint density at radius 1 is 1.29 bits per heavy atom. The molecular weight excluding hydrogens is 214 g/mol. The van der Waals surface area contributed by atoms with E-state index in [-0.39, 0.29) is 0 Å². The van der Waals surface area contributed by atoms with E-state index in [4.69, 9.17) is 4.42 Å². The van der Waals surface area contributed by atoms with Crippen molar-refractivity contribution in [3.63, 3.8) is 0 Å². The van der Waals surface area contributed by atoms with Crippen molar-refractivity contribution in [3.8, 4) is 0 Å². The molecule has 0 amide bonds. The highest BCUT2D eigenvalue weighted by molar-refractivity contribution is 5.80. The van der Waals surface area contributed by atoms with Gasteiger partial charge in [0, 0.05) is 24.0 Å². The zero-order valence-corrected chi connectivity index (χ0v) is 10.6. The van der Waals surface area contributed by atoms with Gasteiger partial charge in [0.1, 0.15) is 5.58 Å². The topological polar surface area (TPSA) is 36.6 Å². The summed E-state index contributed by atoms with van der Waals surface area (Å²) in [6.07, 6.45) is 1.80. The Bertz CT molecular complexity index is 496. The quantitative estimate of drug-likeness (QED) is 0.882. The summed E-state index contributed by atoms with van der Waals surface area (Å²) in [7, 11) is 2.00. The van der Waals surface area contributed by atoms with Gasteiger partial charge < -0.3 is 9.52 Å². The van der Waals surface area contributed by atoms with Crippen LogP contribution in [0.25, 0.3) is 11.0 Å². The van der Waals surface area contributed by atoms with Crippen LogP contribution in [0.5, 0.6) is 0 Å². The highest BCUT2D eigenvalue weighted by atomic mass is 16.3. The van der Waals surface area contributed by atoms with Crippen LogP contribution in [0.4, 0.5) is 0 Å². The van der Waals surface area contributed by atoms with Crippen molar-refractivity contribution in [2.75, 3.05) is 13.6 Å². The van der Waals surface area contributed by atoms with Crippen LogP contribution in [0.1, 0.15) is 19.4 Å². The van der Waals surface area contributed by atoms with Gasteiger partial charge in [-0.15, -0.1) is 0 Å². The first kappa shape index (κ1) is 12.1. The minimum atomic E-state index is -0.672. The van der Waals surface area contributed by atoms with Gasteiger partial charge in [0.05, 0.1) is 11.9 Å². The Labute approximate surface area is 102 Å². The maximum atomic E-state index is 9.76. The average Bonchev–Trinajstić information content (AvgIpc) is 2.59. The first-order valence-electron chi connectivity index (χ1n) is 5.82. The molecule has 0 fully saturated rings. The maximum absolute atomic E-state index is 9.76. The van der Waals surface area contributed by atoms with E-state index in [2.05, 4.69) is 11.0 Å². The van der Waals surface area contributed by atoms with Crippen molar-refractivity contribution in [2.24, 2.45) is 0 Å². The van der Waals surface area contributed by atoms with E-state index in [1.807, 2.05) is 39.1 Å². The largest absolute Gasteiger partial charge is 0.464 e. The summed E-state index contributed by atoms with van der Waals surface area (Å²) in [4.78, 5) is 2.09. The molecule has 2 rings (SSSR count). The van der Waals surface area contributed by atoms with Crippen molar-refractivity contribution in [1.82, 2.24) is 4.90 Å². The van der Waals surface area contributed by atoms with Crippen LogP contribution in [0.15, 0.2) is 34.9 Å². The van der Waals surface area contributed by atoms with Gasteiger partial charge >= 0.3 is 0 Å². The smallest absolute Gasteiger partial charge is 0.134 e. The van der Waals surface area contributed by atoms with Gasteiger partial charge in [-0.05, 0) is 27.0 Å². The van der Waals surface area contributed by atoms with E-state index in [1.54, 1.807) is 6.26 Å². The molecule has 3 nitrogen and oxygen atoms in total. The average molecular weight is 233 g/mol. The van der Waals surface area contributed by atoms with E-state index in [0.29, 0.717) is 6.54 Å². The molecule has 0 spiro atoms. The number of hydrogen-bond acceptors (Lipinski definition) is 3. The molecule has 3 heteroatoms. The maximum Gasteiger partial charge on any atom is 0.134 e. The SMILES string of the molecule is CN(Cc1coc2ccccc12)CC(C)(C)O. The summed E-state index contributed by atoms with van der Waals surface area (Å²) in [6.45, 7) is 5.04. The number of hydrogen-bond donors (Lipinski definition) is 1. The Morgan fingerprint density at radius 3 is 2.71 bits per heavy atom. The van der Waals surface area contributed by atoms with Gasteiger partial charge in [-0.2, -0.15) is 0 Å². The fourth-order valence-electron chi connectivity index (χ4n) is 2.16. The standard InChI is InChI=1S/C14H19NO2/c1-14(2,16)10-15(3)8-11-9-17-13-7-5-4-6-12(11)13/h4-7,9,16H,8,10H2,1-3H3. The second-order valence-electron chi connectivity index (χ2n) is 5.24. The normalized spacial score (nSPS) is 12.5. The highest BCUT2D eigenvalue weighted by Gasteiger charge is 2.16. The summed E-state index contributed by atoms with van der Waals surface area (Å²) in [5, 5.41) is 10.9. The lowest BCUT2D eigenvalue weighted by Crippen LogP contribution is -2.35. The fraction of sp³-hybridized carbons (Fsp3) is 0.429. The molecule has 1 heterocycles. The number of furan rings is 1. The summed E-state index contributed by atoms with van der Waals surface area (Å²) in [5.74, 6) is 0. The van der Waals surface area contributed by atoms with Crippen LogP contribution < -0.4 is 0 Å². The van der Waals surface area contributed by atoms with Gasteiger partial charge in [-0.1, -0.05) is 18.2 Å². The van der Waals surface area contributed by atoms with Crippen molar-refractivity contribution in [3.05, 3.63) is 36.1 Å². The Hall–Kier alpha value is -1.32. The van der Waals surface area contributed by atoms with Crippen molar-refractivity contribution in [2.45, 2.75) is 26.0 Å². The Balaban J connectivity index is 2.13. The summed E-state index contributed by atoms with van der Waals surface area (Å²) in [6, 6.07) is 8.01. The number of aliphatic hydroxyl groups is 1. The Morgan fingerprint density at radius 2 is 2.00 bits per heavy atom. The molecule has 0 bridgehead atoms. The zero-order valence-electron chi connectivity index (χ0n) is 10.6. The molecule has 1 aromatic carbocycles. The number of nitrogens with zero attached hydrogens (tertiary/aromatic N) is 1. The first-order valence-corrected chi connectivity index (χ1v) is 5.82. The number of para-hydroxylation sites is 1. The molecule has 1 N–H and O–H groups in total. The minimum absolute atomic E-state index is 0.631. The molecule has 0 saturated carbocycles. The van der Waals surface area contributed by atoms with Crippen molar-refractivity contribution < 1.29 is 9.52 Å². The molecule has 0 unspecified atom stereocenters. The van der Waals surface area contributed by atoms with E-state index in [1.165, 1.54) is 0 Å². The molecule has 17 heavy (non-hydrogen) atoms. The Kier molecular flexibility index (Phi) is 3.22. The molecule has 0 aliphatic rings. The molecule has 0 aliphatic carbocycles. The van der Waals surface area contributed by atoms with Crippen molar-refractivity contribution >= 4 is 11.0 Å². The predicted octanol–water partition coefficient (Wildman–Crippen LogP) is 2.64. The summed E-state index contributed by atoms with van der Waals surface area (Å²) in [5.41, 5.74) is 1.40. The van der Waals surface area contributed by atoms with Crippen LogP contribution in [0.3, 0.4) is 0 Å². The van der Waals surface area contributed by atoms with Crippen molar-refractivity contribution in [1.29, 1.82) is 0 Å². The van der Waals surface area contributed by atoms with Crippen LogP contribution in [-0.4, -0.2) is 29.2 Å². The minimum Gasteiger partial charge on any atom is -0.464 e.